The summed E-state index contributed by atoms with van der Waals surface area (Å²) in [5.74, 6) is -0.0867. The third-order valence-corrected chi connectivity index (χ3v) is 2.08. The van der Waals surface area contributed by atoms with E-state index in [-0.39, 0.29) is 13.2 Å². The minimum absolute atomic E-state index is 0.216. The van der Waals surface area contributed by atoms with Gasteiger partial charge < -0.3 is 19.9 Å². The van der Waals surface area contributed by atoms with Gasteiger partial charge in [0.1, 0.15) is 11.4 Å². The number of ether oxygens (including phenoxy) is 2. The number of rotatable bonds is 6. The van der Waals surface area contributed by atoms with Crippen molar-refractivity contribution in [2.45, 2.75) is 6.10 Å². The number of hydrogen-bond acceptors (Lipinski definition) is 6. The maximum absolute atomic E-state index is 11.4. The molecule has 0 saturated carbocycles. The van der Waals surface area contributed by atoms with Crippen LogP contribution in [0.4, 0.5) is 5.82 Å². The van der Waals surface area contributed by atoms with E-state index in [9.17, 15) is 9.90 Å². The van der Waals surface area contributed by atoms with Gasteiger partial charge in [-0.3, -0.25) is 0 Å². The second kappa shape index (κ2) is 6.82. The number of esters is 1. The van der Waals surface area contributed by atoms with Crippen LogP contribution in [0.1, 0.15) is 10.4 Å². The minimum atomic E-state index is -0.660. The van der Waals surface area contributed by atoms with E-state index in [1.807, 2.05) is 0 Å². The number of nitrogens with zero attached hydrogens (tertiary/aromatic N) is 1. The predicted molar refractivity (Wildman–Crippen MR) is 61.9 cm³/mol. The number of aliphatic hydroxyl groups is 1. The van der Waals surface area contributed by atoms with Crippen LogP contribution in [-0.2, 0) is 9.47 Å². The zero-order valence-electron chi connectivity index (χ0n) is 9.84. The third kappa shape index (κ3) is 4.01. The van der Waals surface area contributed by atoms with Gasteiger partial charge >= 0.3 is 5.97 Å². The van der Waals surface area contributed by atoms with E-state index in [2.05, 4.69) is 15.0 Å². The zero-order valence-corrected chi connectivity index (χ0v) is 9.84. The summed E-state index contributed by atoms with van der Waals surface area (Å²) >= 11 is 0. The van der Waals surface area contributed by atoms with Crippen molar-refractivity contribution in [3.63, 3.8) is 0 Å². The number of hydrogen-bond donors (Lipinski definition) is 2. The molecule has 0 saturated heterocycles. The summed E-state index contributed by atoms with van der Waals surface area (Å²) < 4.78 is 9.41. The molecule has 17 heavy (non-hydrogen) atoms. The SMILES string of the molecule is COCC(O)CNc1ncccc1C(=O)OC. The molecule has 6 heteroatoms. The van der Waals surface area contributed by atoms with Gasteiger partial charge in [0.15, 0.2) is 0 Å². The summed E-state index contributed by atoms with van der Waals surface area (Å²) in [6.45, 7) is 0.461. The lowest BCUT2D eigenvalue weighted by molar-refractivity contribution is 0.0600. The highest BCUT2D eigenvalue weighted by Gasteiger charge is 2.13. The highest BCUT2D eigenvalue weighted by Crippen LogP contribution is 2.12. The van der Waals surface area contributed by atoms with Gasteiger partial charge in [-0.25, -0.2) is 9.78 Å². The van der Waals surface area contributed by atoms with Crippen molar-refractivity contribution in [1.82, 2.24) is 4.98 Å². The Labute approximate surface area is 99.6 Å². The molecule has 2 N–H and O–H groups in total. The van der Waals surface area contributed by atoms with E-state index in [4.69, 9.17) is 4.74 Å². The van der Waals surface area contributed by atoms with Gasteiger partial charge in [-0.1, -0.05) is 0 Å². The van der Waals surface area contributed by atoms with E-state index in [0.29, 0.717) is 11.4 Å². The average Bonchev–Trinajstić information content (AvgIpc) is 2.36. The van der Waals surface area contributed by atoms with Gasteiger partial charge in [0.25, 0.3) is 0 Å². The van der Waals surface area contributed by atoms with Crippen LogP contribution < -0.4 is 5.32 Å². The van der Waals surface area contributed by atoms with Crippen molar-refractivity contribution >= 4 is 11.8 Å². The fraction of sp³-hybridized carbons (Fsp3) is 0.455. The topological polar surface area (TPSA) is 80.7 Å². The summed E-state index contributed by atoms with van der Waals surface area (Å²) in [6.07, 6.45) is 0.893. The van der Waals surface area contributed by atoms with E-state index in [1.54, 1.807) is 18.3 Å². The molecule has 0 aromatic carbocycles. The smallest absolute Gasteiger partial charge is 0.341 e. The first kappa shape index (κ1) is 13.4. The molecule has 0 aliphatic rings. The molecule has 0 amide bonds. The first-order valence-electron chi connectivity index (χ1n) is 5.13. The molecule has 1 unspecified atom stereocenters. The molecule has 0 bridgehead atoms. The largest absolute Gasteiger partial charge is 0.465 e. The Bertz CT molecular complexity index is 370. The van der Waals surface area contributed by atoms with Crippen molar-refractivity contribution in [3.8, 4) is 0 Å². The average molecular weight is 240 g/mol. The molecule has 0 aliphatic heterocycles. The Morgan fingerprint density at radius 2 is 2.35 bits per heavy atom. The number of carbonyl (C=O) groups is 1. The first-order valence-corrected chi connectivity index (χ1v) is 5.13. The van der Waals surface area contributed by atoms with Crippen molar-refractivity contribution in [2.75, 3.05) is 32.7 Å². The summed E-state index contributed by atoms with van der Waals surface area (Å²) in [6, 6.07) is 3.24. The Kier molecular flexibility index (Phi) is 5.38. The molecule has 94 valence electrons. The van der Waals surface area contributed by atoms with Crippen LogP contribution in [-0.4, -0.2) is 49.5 Å². The third-order valence-electron chi connectivity index (χ3n) is 2.08. The molecule has 6 nitrogen and oxygen atoms in total. The molecule has 1 rings (SSSR count). The van der Waals surface area contributed by atoms with E-state index in [0.717, 1.165) is 0 Å². The van der Waals surface area contributed by atoms with E-state index >= 15 is 0 Å². The van der Waals surface area contributed by atoms with E-state index in [1.165, 1.54) is 14.2 Å². The lowest BCUT2D eigenvalue weighted by Crippen LogP contribution is -2.25. The highest BCUT2D eigenvalue weighted by molar-refractivity contribution is 5.94. The highest BCUT2D eigenvalue weighted by atomic mass is 16.5. The van der Waals surface area contributed by atoms with E-state index < -0.39 is 12.1 Å². The van der Waals surface area contributed by atoms with Gasteiger partial charge in [-0.05, 0) is 12.1 Å². The molecule has 1 aromatic heterocycles. The number of aliphatic hydroxyl groups excluding tert-OH is 1. The molecule has 0 aliphatic carbocycles. The second-order valence-electron chi connectivity index (χ2n) is 3.38. The molecule has 0 spiro atoms. The molecule has 1 atom stereocenters. The lowest BCUT2D eigenvalue weighted by Gasteiger charge is -2.12. The molecular formula is C11H16N2O4. The van der Waals surface area contributed by atoms with Crippen LogP contribution >= 0.6 is 0 Å². The standard InChI is InChI=1S/C11H16N2O4/c1-16-7-8(14)6-13-10-9(11(15)17-2)4-3-5-12-10/h3-5,8,14H,6-7H2,1-2H3,(H,12,13). The minimum Gasteiger partial charge on any atom is -0.465 e. The van der Waals surface area contributed by atoms with Gasteiger partial charge in [-0.2, -0.15) is 0 Å². The monoisotopic (exact) mass is 240 g/mol. The van der Waals surface area contributed by atoms with Gasteiger partial charge in [0.2, 0.25) is 0 Å². The maximum Gasteiger partial charge on any atom is 0.341 e. The van der Waals surface area contributed by atoms with Crippen LogP contribution in [0.3, 0.4) is 0 Å². The van der Waals surface area contributed by atoms with Crippen molar-refractivity contribution in [1.29, 1.82) is 0 Å². The lowest BCUT2D eigenvalue weighted by atomic mass is 10.2. The number of methoxy groups -OCH3 is 2. The Hall–Kier alpha value is -1.66. The first-order chi connectivity index (χ1) is 8.19. The van der Waals surface area contributed by atoms with Crippen LogP contribution in [0.2, 0.25) is 0 Å². The summed E-state index contributed by atoms with van der Waals surface area (Å²) in [5.41, 5.74) is 0.333. The normalized spacial score (nSPS) is 11.9. The van der Waals surface area contributed by atoms with Crippen LogP contribution in [0.25, 0.3) is 0 Å². The second-order valence-corrected chi connectivity index (χ2v) is 3.38. The van der Waals surface area contributed by atoms with Crippen LogP contribution in [0, 0.1) is 0 Å². The van der Waals surface area contributed by atoms with Gasteiger partial charge in [-0.15, -0.1) is 0 Å². The van der Waals surface area contributed by atoms with Crippen LogP contribution in [0.15, 0.2) is 18.3 Å². The summed E-state index contributed by atoms with van der Waals surface area (Å²) in [5, 5.41) is 12.3. The Morgan fingerprint density at radius 3 is 3.00 bits per heavy atom. The van der Waals surface area contributed by atoms with Crippen molar-refractivity contribution in [3.05, 3.63) is 23.9 Å². The molecule has 0 fully saturated rings. The van der Waals surface area contributed by atoms with Gasteiger partial charge in [0, 0.05) is 19.9 Å². The predicted octanol–water partition coefficient (Wildman–Crippen LogP) is 0.287. The number of anilines is 1. The fourth-order valence-electron chi connectivity index (χ4n) is 1.29. The molecular weight excluding hydrogens is 224 g/mol. The Balaban J connectivity index is 2.67. The number of nitrogens with one attached hydrogen (secondary N) is 1. The number of carbonyl (C=O) groups excluding carboxylic acids is 1. The van der Waals surface area contributed by atoms with Crippen LogP contribution in [0.5, 0.6) is 0 Å². The molecule has 1 aromatic rings. The summed E-state index contributed by atoms with van der Waals surface area (Å²) in [4.78, 5) is 15.4. The summed E-state index contributed by atoms with van der Waals surface area (Å²) in [7, 11) is 2.81. The Morgan fingerprint density at radius 1 is 1.59 bits per heavy atom. The fourth-order valence-corrected chi connectivity index (χ4v) is 1.29. The molecule has 1 heterocycles. The van der Waals surface area contributed by atoms with Crippen molar-refractivity contribution in [2.24, 2.45) is 0 Å². The number of aromatic nitrogens is 1. The van der Waals surface area contributed by atoms with Crippen molar-refractivity contribution < 1.29 is 19.4 Å². The van der Waals surface area contributed by atoms with Gasteiger partial charge in [0.05, 0.1) is 19.8 Å². The quantitative estimate of drug-likeness (QED) is 0.695. The number of pyridine rings is 1. The molecule has 0 radical (unpaired) electrons. The zero-order chi connectivity index (χ0) is 12.7. The maximum atomic E-state index is 11.4.